The van der Waals surface area contributed by atoms with E-state index < -0.39 is 5.91 Å². The first-order valence-electron chi connectivity index (χ1n) is 5.09. The first-order valence-corrected chi connectivity index (χ1v) is 5.91. The number of nitrogens with two attached hydrogens (primary N) is 1. The number of aromatic nitrogens is 3. The molecule has 0 aliphatic rings. The van der Waals surface area contributed by atoms with Crippen molar-refractivity contribution in [3.63, 3.8) is 0 Å². The van der Waals surface area contributed by atoms with E-state index in [0.29, 0.717) is 6.54 Å². The molecule has 7 heteroatoms. The lowest BCUT2D eigenvalue weighted by molar-refractivity contribution is -0.118. The van der Waals surface area contributed by atoms with Gasteiger partial charge in [0.05, 0.1) is 23.4 Å². The Kier molecular flexibility index (Phi) is 3.38. The third-order valence-electron chi connectivity index (χ3n) is 2.09. The van der Waals surface area contributed by atoms with E-state index in [4.69, 9.17) is 5.73 Å². The van der Waals surface area contributed by atoms with Crippen LogP contribution in [0.3, 0.4) is 0 Å². The van der Waals surface area contributed by atoms with Crippen LogP contribution in [-0.2, 0) is 17.9 Å². The fraction of sp³-hybridized carbons (Fsp3) is 0.300. The van der Waals surface area contributed by atoms with Gasteiger partial charge in [0.1, 0.15) is 6.54 Å². The lowest BCUT2D eigenvalue weighted by Gasteiger charge is -1.99. The van der Waals surface area contributed by atoms with Gasteiger partial charge in [-0.15, -0.1) is 11.3 Å². The monoisotopic (exact) mass is 251 g/mol. The smallest absolute Gasteiger partial charge is 0.239 e. The van der Waals surface area contributed by atoms with Crippen molar-refractivity contribution < 1.29 is 4.79 Å². The van der Waals surface area contributed by atoms with Gasteiger partial charge >= 0.3 is 0 Å². The highest BCUT2D eigenvalue weighted by molar-refractivity contribution is 7.11. The molecule has 3 N–H and O–H groups in total. The maximum atomic E-state index is 10.7. The molecule has 1 amide bonds. The number of rotatable bonds is 5. The van der Waals surface area contributed by atoms with Crippen LogP contribution in [0.1, 0.15) is 9.88 Å². The molecule has 2 heterocycles. The first kappa shape index (κ1) is 11.6. The van der Waals surface area contributed by atoms with Crippen molar-refractivity contribution >= 4 is 22.9 Å². The van der Waals surface area contributed by atoms with Crippen LogP contribution in [0, 0.1) is 6.92 Å². The highest BCUT2D eigenvalue weighted by atomic mass is 32.1. The van der Waals surface area contributed by atoms with Gasteiger partial charge in [0.15, 0.2) is 0 Å². The number of hydrogen-bond acceptors (Lipinski definition) is 5. The third-order valence-corrected chi connectivity index (χ3v) is 3.00. The topological polar surface area (TPSA) is 85.8 Å². The quantitative estimate of drug-likeness (QED) is 0.821. The average molecular weight is 251 g/mol. The van der Waals surface area contributed by atoms with Crippen molar-refractivity contribution in [1.29, 1.82) is 0 Å². The van der Waals surface area contributed by atoms with E-state index in [1.807, 2.05) is 13.1 Å². The predicted octanol–water partition coefficient (Wildman–Crippen LogP) is 0.745. The highest BCUT2D eigenvalue weighted by Gasteiger charge is 2.02. The number of hydrogen-bond donors (Lipinski definition) is 2. The van der Waals surface area contributed by atoms with Crippen molar-refractivity contribution in [3.8, 4) is 0 Å². The molecule has 2 aromatic heterocycles. The normalized spacial score (nSPS) is 10.4. The maximum Gasteiger partial charge on any atom is 0.239 e. The Bertz CT molecular complexity index is 518. The molecule has 2 aromatic rings. The Morgan fingerprint density at radius 2 is 2.41 bits per heavy atom. The standard InChI is InChI=1S/C10H13N5OS/c1-7-12-3-9(17-7)4-13-8-2-14-15(5-8)6-10(11)16/h2-3,5,13H,4,6H2,1H3,(H2,11,16). The van der Waals surface area contributed by atoms with E-state index in [-0.39, 0.29) is 6.54 Å². The second kappa shape index (κ2) is 4.96. The van der Waals surface area contributed by atoms with Crippen molar-refractivity contribution in [1.82, 2.24) is 14.8 Å². The zero-order chi connectivity index (χ0) is 12.3. The lowest BCUT2D eigenvalue weighted by atomic mass is 10.5. The van der Waals surface area contributed by atoms with Gasteiger partial charge in [0.2, 0.25) is 5.91 Å². The average Bonchev–Trinajstić information content (AvgIpc) is 2.84. The molecule has 6 nitrogen and oxygen atoms in total. The van der Waals surface area contributed by atoms with Crippen molar-refractivity contribution in [2.45, 2.75) is 20.0 Å². The van der Waals surface area contributed by atoms with E-state index >= 15 is 0 Å². The highest BCUT2D eigenvalue weighted by Crippen LogP contribution is 2.14. The van der Waals surface area contributed by atoms with Crippen LogP contribution < -0.4 is 11.1 Å². The zero-order valence-electron chi connectivity index (χ0n) is 9.38. The number of nitrogens with one attached hydrogen (secondary N) is 1. The Balaban J connectivity index is 1.91. The summed E-state index contributed by atoms with van der Waals surface area (Å²) in [6.07, 6.45) is 5.26. The Morgan fingerprint density at radius 1 is 1.59 bits per heavy atom. The number of anilines is 1. The van der Waals surface area contributed by atoms with Crippen molar-refractivity contribution in [3.05, 3.63) is 28.5 Å². The van der Waals surface area contributed by atoms with Crippen LogP contribution in [0.4, 0.5) is 5.69 Å². The van der Waals surface area contributed by atoms with Crippen LogP contribution in [0.5, 0.6) is 0 Å². The maximum absolute atomic E-state index is 10.7. The number of nitrogens with zero attached hydrogens (tertiary/aromatic N) is 3. The van der Waals surface area contributed by atoms with Crippen LogP contribution in [0.15, 0.2) is 18.6 Å². The molecular formula is C10H13N5OS. The van der Waals surface area contributed by atoms with E-state index in [1.54, 1.807) is 23.7 Å². The van der Waals surface area contributed by atoms with Crippen LogP contribution in [-0.4, -0.2) is 20.7 Å². The van der Waals surface area contributed by atoms with Gasteiger partial charge in [-0.3, -0.25) is 9.48 Å². The Hall–Kier alpha value is -1.89. The first-order chi connectivity index (χ1) is 8.13. The number of thiazole rings is 1. The molecule has 0 aliphatic carbocycles. The fourth-order valence-electron chi connectivity index (χ4n) is 1.38. The minimum Gasteiger partial charge on any atom is -0.378 e. The minimum atomic E-state index is -0.405. The second-order valence-corrected chi connectivity index (χ2v) is 4.91. The lowest BCUT2D eigenvalue weighted by Crippen LogP contribution is -2.18. The van der Waals surface area contributed by atoms with Crippen LogP contribution >= 0.6 is 11.3 Å². The number of carbonyl (C=O) groups excluding carboxylic acids is 1. The number of primary amides is 1. The molecule has 0 atom stereocenters. The van der Waals surface area contributed by atoms with Gasteiger partial charge in [-0.1, -0.05) is 0 Å². The molecule has 0 radical (unpaired) electrons. The molecule has 2 rings (SSSR count). The van der Waals surface area contributed by atoms with Gasteiger partial charge in [-0.25, -0.2) is 4.98 Å². The molecular weight excluding hydrogens is 238 g/mol. The summed E-state index contributed by atoms with van der Waals surface area (Å²) in [5, 5.41) is 8.27. The van der Waals surface area contributed by atoms with Crippen molar-refractivity contribution in [2.24, 2.45) is 5.73 Å². The Labute approximate surface area is 102 Å². The molecule has 17 heavy (non-hydrogen) atoms. The summed E-state index contributed by atoms with van der Waals surface area (Å²) < 4.78 is 1.50. The number of amides is 1. The summed E-state index contributed by atoms with van der Waals surface area (Å²) >= 11 is 1.65. The minimum absolute atomic E-state index is 0.0986. The van der Waals surface area contributed by atoms with E-state index in [2.05, 4.69) is 15.4 Å². The SMILES string of the molecule is Cc1ncc(CNc2cnn(CC(N)=O)c2)s1. The molecule has 0 fully saturated rings. The summed E-state index contributed by atoms with van der Waals surface area (Å²) in [4.78, 5) is 16.0. The van der Waals surface area contributed by atoms with Gasteiger partial charge in [-0.2, -0.15) is 5.10 Å². The summed E-state index contributed by atoms with van der Waals surface area (Å²) in [5.74, 6) is -0.405. The van der Waals surface area contributed by atoms with Gasteiger partial charge < -0.3 is 11.1 Å². The van der Waals surface area contributed by atoms with Crippen LogP contribution in [0.2, 0.25) is 0 Å². The third kappa shape index (κ3) is 3.28. The second-order valence-electron chi connectivity index (χ2n) is 3.59. The van der Waals surface area contributed by atoms with Crippen LogP contribution in [0.25, 0.3) is 0 Å². The van der Waals surface area contributed by atoms with E-state index in [9.17, 15) is 4.79 Å². The summed E-state index contributed by atoms with van der Waals surface area (Å²) in [7, 11) is 0. The van der Waals surface area contributed by atoms with Gasteiger partial charge in [0, 0.05) is 17.3 Å². The van der Waals surface area contributed by atoms with Gasteiger partial charge in [0.25, 0.3) is 0 Å². The summed E-state index contributed by atoms with van der Waals surface area (Å²) in [6, 6.07) is 0. The van der Waals surface area contributed by atoms with E-state index in [1.165, 1.54) is 4.68 Å². The molecule has 0 aromatic carbocycles. The molecule has 0 saturated carbocycles. The van der Waals surface area contributed by atoms with Crippen molar-refractivity contribution in [2.75, 3.05) is 5.32 Å². The summed E-state index contributed by atoms with van der Waals surface area (Å²) in [6.45, 7) is 2.77. The largest absolute Gasteiger partial charge is 0.378 e. The molecule has 0 saturated heterocycles. The number of aryl methyl sites for hydroxylation is 1. The van der Waals surface area contributed by atoms with Gasteiger partial charge in [-0.05, 0) is 6.92 Å². The fourth-order valence-corrected chi connectivity index (χ4v) is 2.11. The molecule has 90 valence electrons. The zero-order valence-corrected chi connectivity index (χ0v) is 10.2. The van der Waals surface area contributed by atoms with E-state index in [0.717, 1.165) is 15.6 Å². The predicted molar refractivity (Wildman–Crippen MR) is 65.6 cm³/mol. The molecule has 0 spiro atoms. The Morgan fingerprint density at radius 3 is 3.06 bits per heavy atom. The molecule has 0 aliphatic heterocycles. The summed E-state index contributed by atoms with van der Waals surface area (Å²) in [5.41, 5.74) is 5.93. The number of carbonyl (C=O) groups is 1. The molecule has 0 bridgehead atoms. The molecule has 0 unspecified atom stereocenters.